The van der Waals surface area contributed by atoms with Crippen LogP contribution in [0, 0.1) is 5.41 Å². The number of thiophene rings is 1. The van der Waals surface area contributed by atoms with Gasteiger partial charge in [-0.3, -0.25) is 4.79 Å². The zero-order valence-corrected chi connectivity index (χ0v) is 9.82. The summed E-state index contributed by atoms with van der Waals surface area (Å²) in [6.07, 6.45) is 2.00. The first-order chi connectivity index (χ1) is 7.03. The Morgan fingerprint density at radius 3 is 2.93 bits per heavy atom. The fourth-order valence-corrected chi connectivity index (χ4v) is 3.12. The van der Waals surface area contributed by atoms with Crippen LogP contribution in [0.5, 0.6) is 0 Å². The normalized spacial score (nSPS) is 24.3. The molecular weight excluding hydrogens is 208 g/mol. The molecule has 1 aliphatic carbocycles. The maximum atomic E-state index is 12.1. The molecule has 0 radical (unpaired) electrons. The highest BCUT2D eigenvalue weighted by Crippen LogP contribution is 2.42. The zero-order valence-electron chi connectivity index (χ0n) is 9.00. The van der Waals surface area contributed by atoms with Gasteiger partial charge in [0.2, 0.25) is 0 Å². The predicted molar refractivity (Wildman–Crippen MR) is 60.4 cm³/mol. The van der Waals surface area contributed by atoms with Gasteiger partial charge >= 0.3 is 0 Å². The van der Waals surface area contributed by atoms with Crippen molar-refractivity contribution >= 4 is 22.9 Å². The molecule has 2 nitrogen and oxygen atoms in total. The number of ketones is 2. The van der Waals surface area contributed by atoms with Crippen LogP contribution < -0.4 is 0 Å². The first kappa shape index (κ1) is 10.6. The van der Waals surface area contributed by atoms with Crippen molar-refractivity contribution in [2.24, 2.45) is 5.41 Å². The molecule has 3 heteroatoms. The molecule has 0 amide bonds. The van der Waals surface area contributed by atoms with E-state index in [1.807, 2.05) is 18.4 Å². The third-order valence-corrected chi connectivity index (χ3v) is 4.07. The van der Waals surface area contributed by atoms with Crippen molar-refractivity contribution in [1.29, 1.82) is 0 Å². The lowest BCUT2D eigenvalue weighted by atomic mass is 9.81. The van der Waals surface area contributed by atoms with Crippen molar-refractivity contribution < 1.29 is 9.59 Å². The molecule has 80 valence electrons. The molecule has 0 spiro atoms. The molecule has 1 aromatic heterocycles. The van der Waals surface area contributed by atoms with Crippen LogP contribution >= 0.6 is 11.3 Å². The summed E-state index contributed by atoms with van der Waals surface area (Å²) >= 11 is 1.52. The number of fused-ring (bicyclic) bond motifs is 1. The molecule has 0 saturated heterocycles. The van der Waals surface area contributed by atoms with Crippen LogP contribution in [0.15, 0.2) is 11.4 Å². The Bertz CT molecular complexity index is 419. The van der Waals surface area contributed by atoms with Crippen molar-refractivity contribution in [3.63, 3.8) is 0 Å². The van der Waals surface area contributed by atoms with E-state index < -0.39 is 0 Å². The third-order valence-electron chi connectivity index (χ3n) is 3.11. The van der Waals surface area contributed by atoms with Crippen LogP contribution in [0.3, 0.4) is 0 Å². The molecular formula is C12H14O2S. The Morgan fingerprint density at radius 1 is 1.60 bits per heavy atom. The van der Waals surface area contributed by atoms with Crippen molar-refractivity contribution in [2.75, 3.05) is 0 Å². The minimum Gasteiger partial charge on any atom is -0.300 e. The van der Waals surface area contributed by atoms with Crippen LogP contribution in [-0.4, -0.2) is 11.6 Å². The molecule has 1 aromatic rings. The number of hydrogen-bond donors (Lipinski definition) is 0. The average Bonchev–Trinajstić information content (AvgIpc) is 2.68. The maximum Gasteiger partial charge on any atom is 0.179 e. The Hall–Kier alpha value is -0.960. The lowest BCUT2D eigenvalue weighted by Crippen LogP contribution is -2.24. The van der Waals surface area contributed by atoms with Crippen molar-refractivity contribution in [2.45, 2.75) is 33.1 Å². The highest BCUT2D eigenvalue weighted by molar-refractivity contribution is 7.12. The van der Waals surface area contributed by atoms with Crippen molar-refractivity contribution in [1.82, 2.24) is 0 Å². The summed E-state index contributed by atoms with van der Waals surface area (Å²) in [4.78, 5) is 23.9. The molecule has 0 fully saturated rings. The summed E-state index contributed by atoms with van der Waals surface area (Å²) in [6.45, 7) is 3.56. The van der Waals surface area contributed by atoms with E-state index in [4.69, 9.17) is 0 Å². The summed E-state index contributed by atoms with van der Waals surface area (Å²) in [7, 11) is 0. The number of carbonyl (C=O) groups excluding carboxylic acids is 2. The largest absolute Gasteiger partial charge is 0.300 e. The third kappa shape index (κ3) is 1.76. The minimum atomic E-state index is -0.325. The second-order valence-corrected chi connectivity index (χ2v) is 5.46. The highest BCUT2D eigenvalue weighted by Gasteiger charge is 2.41. The van der Waals surface area contributed by atoms with Gasteiger partial charge < -0.3 is 4.79 Å². The Labute approximate surface area is 93.3 Å². The molecule has 1 heterocycles. The molecule has 0 N–H and O–H groups in total. The standard InChI is InChI=1S/C12H14O2S/c1-8(13)3-5-12(2)7-9-4-6-15-10(9)11(12)14/h4,6H,3,5,7H2,1-2H3. The topological polar surface area (TPSA) is 34.1 Å². The van der Waals surface area contributed by atoms with Crippen LogP contribution in [0.1, 0.15) is 41.9 Å². The number of carbonyl (C=O) groups is 2. The van der Waals surface area contributed by atoms with Gasteiger partial charge in [-0.05, 0) is 36.8 Å². The van der Waals surface area contributed by atoms with E-state index in [-0.39, 0.29) is 17.0 Å². The predicted octanol–water partition coefficient (Wildman–Crippen LogP) is 2.86. The van der Waals surface area contributed by atoms with Crippen LogP contribution in [-0.2, 0) is 11.2 Å². The number of rotatable bonds is 3. The Morgan fingerprint density at radius 2 is 2.33 bits per heavy atom. The van der Waals surface area contributed by atoms with Gasteiger partial charge in [-0.2, -0.15) is 0 Å². The smallest absolute Gasteiger partial charge is 0.179 e. The van der Waals surface area contributed by atoms with Gasteiger partial charge in [-0.1, -0.05) is 6.92 Å². The van der Waals surface area contributed by atoms with Crippen LogP contribution in [0.25, 0.3) is 0 Å². The molecule has 0 aliphatic heterocycles. The lowest BCUT2D eigenvalue weighted by molar-refractivity contribution is -0.117. The lowest BCUT2D eigenvalue weighted by Gasteiger charge is -2.20. The van der Waals surface area contributed by atoms with E-state index in [1.165, 1.54) is 11.3 Å². The number of hydrogen-bond acceptors (Lipinski definition) is 3. The summed E-state index contributed by atoms with van der Waals surface area (Å²) in [5.74, 6) is 0.396. The van der Waals surface area contributed by atoms with E-state index in [9.17, 15) is 9.59 Å². The average molecular weight is 222 g/mol. The second-order valence-electron chi connectivity index (χ2n) is 4.54. The molecule has 1 atom stereocenters. The van der Waals surface area contributed by atoms with E-state index in [0.29, 0.717) is 12.8 Å². The first-order valence-electron chi connectivity index (χ1n) is 5.13. The molecule has 15 heavy (non-hydrogen) atoms. The molecule has 2 rings (SSSR count). The van der Waals surface area contributed by atoms with Crippen molar-refractivity contribution in [3.8, 4) is 0 Å². The van der Waals surface area contributed by atoms with Crippen LogP contribution in [0.4, 0.5) is 0 Å². The molecule has 1 unspecified atom stereocenters. The van der Waals surface area contributed by atoms with Gasteiger partial charge in [0.1, 0.15) is 5.78 Å². The Kier molecular flexibility index (Phi) is 2.51. The second kappa shape index (κ2) is 3.56. The zero-order chi connectivity index (χ0) is 11.1. The fraction of sp³-hybridized carbons (Fsp3) is 0.500. The maximum absolute atomic E-state index is 12.1. The summed E-state index contributed by atoms with van der Waals surface area (Å²) in [5, 5.41) is 1.97. The van der Waals surface area contributed by atoms with Crippen LogP contribution in [0.2, 0.25) is 0 Å². The van der Waals surface area contributed by atoms with E-state index in [1.54, 1.807) is 6.92 Å². The van der Waals surface area contributed by atoms with E-state index in [2.05, 4.69) is 0 Å². The van der Waals surface area contributed by atoms with Gasteiger partial charge in [0.15, 0.2) is 5.78 Å². The van der Waals surface area contributed by atoms with E-state index >= 15 is 0 Å². The minimum absolute atomic E-state index is 0.166. The molecule has 1 aliphatic rings. The monoisotopic (exact) mass is 222 g/mol. The quantitative estimate of drug-likeness (QED) is 0.788. The molecule has 0 saturated carbocycles. The van der Waals surface area contributed by atoms with Gasteiger partial charge in [0.25, 0.3) is 0 Å². The molecule has 0 bridgehead atoms. The number of Topliss-reactive ketones (excluding diaryl/α,β-unsaturated/α-hetero) is 2. The first-order valence-corrected chi connectivity index (χ1v) is 6.01. The van der Waals surface area contributed by atoms with Gasteiger partial charge in [0.05, 0.1) is 4.88 Å². The van der Waals surface area contributed by atoms with Gasteiger partial charge in [-0.15, -0.1) is 11.3 Å². The van der Waals surface area contributed by atoms with Gasteiger partial charge in [0, 0.05) is 11.8 Å². The van der Waals surface area contributed by atoms with Crippen molar-refractivity contribution in [3.05, 3.63) is 21.9 Å². The summed E-state index contributed by atoms with van der Waals surface area (Å²) in [5.41, 5.74) is 0.838. The van der Waals surface area contributed by atoms with E-state index in [0.717, 1.165) is 16.9 Å². The fourth-order valence-electron chi connectivity index (χ4n) is 2.10. The summed E-state index contributed by atoms with van der Waals surface area (Å²) in [6, 6.07) is 2.02. The van der Waals surface area contributed by atoms with Gasteiger partial charge in [-0.25, -0.2) is 0 Å². The Balaban J connectivity index is 2.17. The molecule has 0 aromatic carbocycles. The highest BCUT2D eigenvalue weighted by atomic mass is 32.1. The summed E-state index contributed by atoms with van der Waals surface area (Å²) < 4.78 is 0. The SMILES string of the molecule is CC(=O)CCC1(C)Cc2ccsc2C1=O.